The molecule has 21 heavy (non-hydrogen) atoms. The highest BCUT2D eigenvalue weighted by atomic mass is 35.5. The number of halogens is 2. The molecule has 0 aliphatic carbocycles. The van der Waals surface area contributed by atoms with Crippen molar-refractivity contribution in [1.29, 1.82) is 0 Å². The Morgan fingerprint density at radius 3 is 2.10 bits per heavy atom. The Morgan fingerprint density at radius 1 is 1.14 bits per heavy atom. The maximum Gasteiger partial charge on any atom is 0.231 e. The number of carbonyl (C=O) groups is 3. The van der Waals surface area contributed by atoms with E-state index in [4.69, 9.17) is 34.7 Å². The first-order valence-electron chi connectivity index (χ1n) is 6.02. The van der Waals surface area contributed by atoms with Crippen molar-refractivity contribution in [2.24, 2.45) is 11.5 Å². The summed E-state index contributed by atoms with van der Waals surface area (Å²) < 4.78 is 0. The lowest BCUT2D eigenvalue weighted by molar-refractivity contribution is -0.122. The van der Waals surface area contributed by atoms with Crippen molar-refractivity contribution in [2.45, 2.75) is 13.0 Å². The smallest absolute Gasteiger partial charge is 0.231 e. The first-order valence-corrected chi connectivity index (χ1v) is 6.78. The van der Waals surface area contributed by atoms with E-state index in [1.807, 2.05) is 0 Å². The molecule has 0 saturated heterocycles. The van der Waals surface area contributed by atoms with Gasteiger partial charge in [0.1, 0.15) is 0 Å². The van der Waals surface area contributed by atoms with Crippen LogP contribution in [0.15, 0.2) is 18.2 Å². The Labute approximate surface area is 132 Å². The van der Waals surface area contributed by atoms with Gasteiger partial charge in [0.05, 0.1) is 24.2 Å². The second-order valence-electron chi connectivity index (χ2n) is 4.50. The highest BCUT2D eigenvalue weighted by molar-refractivity contribution is 6.37. The Hall–Kier alpha value is -1.63. The molecule has 0 bridgehead atoms. The number of carbonyl (C=O) groups excluding carboxylic acids is 3. The summed E-state index contributed by atoms with van der Waals surface area (Å²) in [5.74, 6) is -1.70. The van der Waals surface area contributed by atoms with Crippen LogP contribution in [-0.2, 0) is 9.59 Å². The Bertz CT molecular complexity index is 562. The van der Waals surface area contributed by atoms with E-state index in [1.165, 1.54) is 23.1 Å². The monoisotopic (exact) mass is 331 g/mol. The van der Waals surface area contributed by atoms with Crippen LogP contribution in [0.5, 0.6) is 0 Å². The number of hydrogen-bond acceptors (Lipinski definition) is 4. The minimum atomic E-state index is -0.788. The van der Waals surface area contributed by atoms with Gasteiger partial charge in [-0.2, -0.15) is 0 Å². The molecule has 0 aliphatic heterocycles. The predicted octanol–water partition coefficient (Wildman–Crippen LogP) is 0.837. The van der Waals surface area contributed by atoms with E-state index in [9.17, 15) is 14.4 Å². The molecule has 1 aromatic rings. The van der Waals surface area contributed by atoms with E-state index in [1.54, 1.807) is 6.92 Å². The van der Waals surface area contributed by atoms with Gasteiger partial charge in [-0.25, -0.2) is 0 Å². The van der Waals surface area contributed by atoms with E-state index < -0.39 is 17.9 Å². The molecule has 1 rings (SSSR count). The molecule has 0 aromatic heterocycles. The number of ketones is 1. The number of hydrogen-bond donors (Lipinski definition) is 2. The van der Waals surface area contributed by atoms with Crippen LogP contribution in [-0.4, -0.2) is 41.6 Å². The maximum absolute atomic E-state index is 12.4. The summed E-state index contributed by atoms with van der Waals surface area (Å²) in [6.45, 7) is 1.02. The van der Waals surface area contributed by atoms with Gasteiger partial charge in [0.25, 0.3) is 0 Å². The van der Waals surface area contributed by atoms with Gasteiger partial charge >= 0.3 is 0 Å². The van der Waals surface area contributed by atoms with Crippen LogP contribution >= 0.6 is 23.2 Å². The van der Waals surface area contributed by atoms with E-state index in [-0.39, 0.29) is 29.5 Å². The first-order chi connectivity index (χ1) is 9.72. The molecular weight excluding hydrogens is 317 g/mol. The quantitative estimate of drug-likeness (QED) is 0.722. The molecule has 0 fully saturated rings. The SMILES string of the molecule is CC(C(=O)c1ccc(Cl)cc1Cl)N(CC(N)=O)CC(N)=O. The summed E-state index contributed by atoms with van der Waals surface area (Å²) in [5, 5.41) is 0.591. The molecule has 0 heterocycles. The summed E-state index contributed by atoms with van der Waals surface area (Å²) in [6, 6.07) is 3.66. The fourth-order valence-corrected chi connectivity index (χ4v) is 2.31. The summed E-state index contributed by atoms with van der Waals surface area (Å²) in [7, 11) is 0. The number of benzene rings is 1. The van der Waals surface area contributed by atoms with Crippen LogP contribution in [0.1, 0.15) is 17.3 Å². The molecule has 8 heteroatoms. The van der Waals surface area contributed by atoms with Gasteiger partial charge in [-0.15, -0.1) is 0 Å². The third kappa shape index (κ3) is 5.00. The second kappa shape index (κ2) is 7.40. The van der Waals surface area contributed by atoms with E-state index in [0.717, 1.165) is 0 Å². The number of nitrogens with two attached hydrogens (primary N) is 2. The number of nitrogens with zero attached hydrogens (tertiary/aromatic N) is 1. The van der Waals surface area contributed by atoms with Crippen molar-refractivity contribution >= 4 is 40.8 Å². The minimum absolute atomic E-state index is 0.192. The van der Waals surface area contributed by atoms with Gasteiger partial charge in [0.2, 0.25) is 11.8 Å². The molecule has 1 unspecified atom stereocenters. The predicted molar refractivity (Wildman–Crippen MR) is 80.2 cm³/mol. The number of rotatable bonds is 7. The van der Waals surface area contributed by atoms with E-state index in [2.05, 4.69) is 0 Å². The van der Waals surface area contributed by atoms with Crippen molar-refractivity contribution in [1.82, 2.24) is 4.90 Å². The molecule has 0 spiro atoms. The van der Waals surface area contributed by atoms with Crippen molar-refractivity contribution in [2.75, 3.05) is 13.1 Å². The molecule has 1 atom stereocenters. The maximum atomic E-state index is 12.4. The Kier molecular flexibility index (Phi) is 6.14. The number of amides is 2. The lowest BCUT2D eigenvalue weighted by Crippen LogP contribution is -2.47. The van der Waals surface area contributed by atoms with E-state index >= 15 is 0 Å². The fraction of sp³-hybridized carbons (Fsp3) is 0.308. The van der Waals surface area contributed by atoms with Gasteiger partial charge in [-0.05, 0) is 25.1 Å². The molecule has 4 N–H and O–H groups in total. The van der Waals surface area contributed by atoms with Crippen molar-refractivity contribution in [3.63, 3.8) is 0 Å². The summed E-state index contributed by atoms with van der Waals surface area (Å²) >= 11 is 11.8. The average molecular weight is 332 g/mol. The van der Waals surface area contributed by atoms with Gasteiger partial charge in [-0.3, -0.25) is 19.3 Å². The van der Waals surface area contributed by atoms with Crippen molar-refractivity contribution in [3.8, 4) is 0 Å². The first kappa shape index (κ1) is 17.4. The van der Waals surface area contributed by atoms with Gasteiger partial charge < -0.3 is 11.5 Å². The van der Waals surface area contributed by atoms with Gasteiger partial charge in [-0.1, -0.05) is 23.2 Å². The highest BCUT2D eigenvalue weighted by Crippen LogP contribution is 2.23. The molecule has 0 saturated carbocycles. The molecule has 2 amide bonds. The summed E-state index contributed by atoms with van der Waals surface area (Å²) in [6.07, 6.45) is 0. The lowest BCUT2D eigenvalue weighted by Gasteiger charge is -2.25. The number of primary amides is 2. The Morgan fingerprint density at radius 2 is 1.67 bits per heavy atom. The summed E-state index contributed by atoms with van der Waals surface area (Å²) in [5.41, 5.74) is 10.5. The standard InChI is InChI=1S/C13H15Cl2N3O3/c1-7(18(5-11(16)19)6-12(17)20)13(21)9-3-2-8(14)4-10(9)15/h2-4,7H,5-6H2,1H3,(H2,16,19)(H2,17,20). The third-order valence-electron chi connectivity index (χ3n) is 2.84. The van der Waals surface area contributed by atoms with Crippen LogP contribution < -0.4 is 11.5 Å². The lowest BCUT2D eigenvalue weighted by atomic mass is 10.0. The van der Waals surface area contributed by atoms with Gasteiger partial charge in [0, 0.05) is 10.6 Å². The van der Waals surface area contributed by atoms with Gasteiger partial charge in [0.15, 0.2) is 5.78 Å². The van der Waals surface area contributed by atoms with Crippen LogP contribution in [0.25, 0.3) is 0 Å². The average Bonchev–Trinajstić information content (AvgIpc) is 2.35. The van der Waals surface area contributed by atoms with Crippen LogP contribution in [0.2, 0.25) is 10.0 Å². The zero-order chi connectivity index (χ0) is 16.2. The largest absolute Gasteiger partial charge is 0.369 e. The zero-order valence-electron chi connectivity index (χ0n) is 11.3. The highest BCUT2D eigenvalue weighted by Gasteiger charge is 2.26. The fourth-order valence-electron chi connectivity index (χ4n) is 1.81. The summed E-state index contributed by atoms with van der Waals surface area (Å²) in [4.78, 5) is 35.8. The molecule has 0 aliphatic rings. The van der Waals surface area contributed by atoms with Crippen LogP contribution in [0.4, 0.5) is 0 Å². The second-order valence-corrected chi connectivity index (χ2v) is 5.35. The molecule has 114 valence electrons. The number of Topliss-reactive ketones (excluding diaryl/α,β-unsaturated/α-hetero) is 1. The van der Waals surface area contributed by atoms with Crippen molar-refractivity contribution < 1.29 is 14.4 Å². The Balaban J connectivity index is 3.01. The van der Waals surface area contributed by atoms with E-state index in [0.29, 0.717) is 5.02 Å². The normalized spacial score (nSPS) is 12.2. The molecule has 0 radical (unpaired) electrons. The zero-order valence-corrected chi connectivity index (χ0v) is 12.8. The van der Waals surface area contributed by atoms with Crippen molar-refractivity contribution in [3.05, 3.63) is 33.8 Å². The molecule has 6 nitrogen and oxygen atoms in total. The van der Waals surface area contributed by atoms with Crippen LogP contribution in [0, 0.1) is 0 Å². The third-order valence-corrected chi connectivity index (χ3v) is 3.39. The van der Waals surface area contributed by atoms with Crippen LogP contribution in [0.3, 0.4) is 0 Å². The molecular formula is C13H15Cl2N3O3. The minimum Gasteiger partial charge on any atom is -0.369 e. The molecule has 1 aromatic carbocycles. The topological polar surface area (TPSA) is 106 Å².